The molecule has 158 valence electrons. The second-order valence-corrected chi connectivity index (χ2v) is 10.2. The predicted molar refractivity (Wildman–Crippen MR) is 112 cm³/mol. The largest absolute Gasteiger partial charge is 0.460 e. The van der Waals surface area contributed by atoms with E-state index in [1.807, 2.05) is 27.7 Å². The highest BCUT2D eigenvalue weighted by atomic mass is 16.6. The summed E-state index contributed by atoms with van der Waals surface area (Å²) in [4.78, 5) is 24.7. The third kappa shape index (κ3) is 8.16. The Morgan fingerprint density at radius 1 is 0.963 bits per heavy atom. The number of Topliss-reactive ketones (excluding diaryl/α,β-unsaturated/α-hetero) is 1. The topological polar surface area (TPSA) is 52.6 Å². The predicted octanol–water partition coefficient (Wildman–Crippen LogP) is 5.59. The molecule has 0 aromatic carbocycles. The van der Waals surface area contributed by atoms with Crippen molar-refractivity contribution in [2.24, 2.45) is 23.2 Å². The summed E-state index contributed by atoms with van der Waals surface area (Å²) in [6, 6.07) is 0. The van der Waals surface area contributed by atoms with Crippen molar-refractivity contribution in [3.8, 4) is 0 Å². The number of rotatable bonds is 10. The van der Waals surface area contributed by atoms with Crippen LogP contribution in [-0.2, 0) is 19.1 Å². The van der Waals surface area contributed by atoms with Gasteiger partial charge in [-0.25, -0.2) is 0 Å². The molecule has 4 heteroatoms. The molecule has 0 aliphatic rings. The maximum Gasteiger partial charge on any atom is 0.303 e. The molecule has 0 aromatic rings. The van der Waals surface area contributed by atoms with Gasteiger partial charge in [0.2, 0.25) is 0 Å². The molecule has 0 N–H and O–H groups in total. The van der Waals surface area contributed by atoms with Crippen molar-refractivity contribution in [2.45, 2.75) is 93.8 Å². The molecule has 0 saturated heterocycles. The van der Waals surface area contributed by atoms with E-state index in [4.69, 9.17) is 9.47 Å². The van der Waals surface area contributed by atoms with Crippen LogP contribution in [0.3, 0.4) is 0 Å². The number of esters is 1. The Morgan fingerprint density at radius 3 is 1.81 bits per heavy atom. The maximum absolute atomic E-state index is 13.5. The zero-order chi connectivity index (χ0) is 21.8. The fourth-order valence-corrected chi connectivity index (χ4v) is 3.01. The molecule has 0 amide bonds. The molecule has 0 rings (SSSR count). The molecule has 0 aliphatic carbocycles. The van der Waals surface area contributed by atoms with Crippen LogP contribution in [0.1, 0.15) is 82.6 Å². The Bertz CT molecular complexity index is 535. The number of hydrogen-bond donors (Lipinski definition) is 0. The number of ketones is 1. The Kier molecular flexibility index (Phi) is 8.96. The first-order valence-corrected chi connectivity index (χ1v) is 9.99. The number of hydrogen-bond acceptors (Lipinski definition) is 4. The van der Waals surface area contributed by atoms with Gasteiger partial charge in [-0.1, -0.05) is 53.7 Å². The van der Waals surface area contributed by atoms with Crippen LogP contribution in [0.2, 0.25) is 0 Å². The molecule has 0 radical (unpaired) electrons. The van der Waals surface area contributed by atoms with E-state index < -0.39 is 11.2 Å². The molecule has 0 spiro atoms. The fraction of sp³-hybridized carbons (Fsp3) is 0.826. The minimum absolute atomic E-state index is 0.0223. The van der Waals surface area contributed by atoms with E-state index in [-0.39, 0.29) is 34.9 Å². The van der Waals surface area contributed by atoms with Crippen molar-refractivity contribution in [1.29, 1.82) is 0 Å². The van der Waals surface area contributed by atoms with Gasteiger partial charge in [0.1, 0.15) is 11.2 Å². The molecule has 4 nitrogen and oxygen atoms in total. The van der Waals surface area contributed by atoms with Crippen LogP contribution in [0, 0.1) is 23.2 Å². The fourth-order valence-electron chi connectivity index (χ4n) is 3.01. The molecule has 0 aromatic heterocycles. The summed E-state index contributed by atoms with van der Waals surface area (Å²) in [5.74, 6) is -0.152. The van der Waals surface area contributed by atoms with Crippen molar-refractivity contribution in [1.82, 2.24) is 0 Å². The van der Waals surface area contributed by atoms with Crippen molar-refractivity contribution < 1.29 is 19.1 Å². The zero-order valence-electron chi connectivity index (χ0n) is 19.5. The summed E-state index contributed by atoms with van der Waals surface area (Å²) in [7, 11) is 0. The van der Waals surface area contributed by atoms with Crippen LogP contribution in [0.4, 0.5) is 0 Å². The lowest BCUT2D eigenvalue weighted by Crippen LogP contribution is -2.46. The van der Waals surface area contributed by atoms with Crippen molar-refractivity contribution in [3.63, 3.8) is 0 Å². The van der Waals surface area contributed by atoms with Gasteiger partial charge in [0.25, 0.3) is 0 Å². The van der Waals surface area contributed by atoms with Gasteiger partial charge >= 0.3 is 5.97 Å². The molecule has 0 saturated carbocycles. The molecule has 0 heterocycles. The van der Waals surface area contributed by atoms with E-state index >= 15 is 0 Å². The van der Waals surface area contributed by atoms with E-state index in [1.54, 1.807) is 0 Å². The van der Waals surface area contributed by atoms with Crippen LogP contribution < -0.4 is 0 Å². The number of ether oxygens (including phenoxy) is 2. The number of allylic oxidation sites excluding steroid dienone is 1. The Hall–Kier alpha value is -1.16. The van der Waals surface area contributed by atoms with Crippen LogP contribution in [0.5, 0.6) is 0 Å². The van der Waals surface area contributed by atoms with Crippen LogP contribution in [-0.4, -0.2) is 29.6 Å². The van der Waals surface area contributed by atoms with Gasteiger partial charge in [0.05, 0.1) is 6.61 Å². The third-order valence-corrected chi connectivity index (χ3v) is 5.47. The molecule has 0 aliphatic heterocycles. The Labute approximate surface area is 167 Å². The quantitative estimate of drug-likeness (QED) is 0.365. The van der Waals surface area contributed by atoms with Gasteiger partial charge in [-0.3, -0.25) is 9.59 Å². The van der Waals surface area contributed by atoms with Gasteiger partial charge < -0.3 is 9.47 Å². The lowest BCUT2D eigenvalue weighted by molar-refractivity contribution is -0.159. The van der Waals surface area contributed by atoms with E-state index in [0.29, 0.717) is 13.0 Å². The summed E-state index contributed by atoms with van der Waals surface area (Å²) in [6.07, 6.45) is 0.522. The molecule has 0 fully saturated rings. The van der Waals surface area contributed by atoms with Gasteiger partial charge in [-0.15, -0.1) is 0 Å². The Morgan fingerprint density at radius 2 is 1.44 bits per heavy atom. The summed E-state index contributed by atoms with van der Waals surface area (Å²) < 4.78 is 11.3. The first-order chi connectivity index (χ1) is 11.9. The van der Waals surface area contributed by atoms with Gasteiger partial charge in [0, 0.05) is 19.3 Å². The second kappa shape index (κ2) is 9.36. The van der Waals surface area contributed by atoms with Crippen LogP contribution in [0.15, 0.2) is 12.2 Å². The molecule has 2 atom stereocenters. The number of carbonyl (C=O) groups is 2. The smallest absolute Gasteiger partial charge is 0.303 e. The highest BCUT2D eigenvalue weighted by Gasteiger charge is 2.42. The van der Waals surface area contributed by atoms with Gasteiger partial charge in [-0.2, -0.15) is 0 Å². The normalized spacial score (nSPS) is 15.4. The molecular formula is C23H42O4. The van der Waals surface area contributed by atoms with E-state index in [9.17, 15) is 9.59 Å². The van der Waals surface area contributed by atoms with E-state index in [0.717, 1.165) is 5.57 Å². The first-order valence-electron chi connectivity index (χ1n) is 9.99. The standard InChI is InChI=1S/C23H42O4/c1-15(2)16(3)19(17(4)21(6,7)8)20(25)23(11,12)26-14-13-22(9,10)27-18(5)24/h15,17,19H,3,13-14H2,1-2,4-12H3. The van der Waals surface area contributed by atoms with Crippen molar-refractivity contribution in [3.05, 3.63) is 12.2 Å². The van der Waals surface area contributed by atoms with E-state index in [2.05, 4.69) is 48.1 Å². The number of carbonyl (C=O) groups excluding carboxylic acids is 2. The molecular weight excluding hydrogens is 340 g/mol. The highest BCUT2D eigenvalue weighted by Crippen LogP contribution is 2.40. The minimum atomic E-state index is -0.936. The van der Waals surface area contributed by atoms with Gasteiger partial charge in [-0.05, 0) is 44.9 Å². The molecule has 0 bridgehead atoms. The zero-order valence-corrected chi connectivity index (χ0v) is 19.5. The van der Waals surface area contributed by atoms with Gasteiger partial charge in [0.15, 0.2) is 5.78 Å². The lowest BCUT2D eigenvalue weighted by atomic mass is 9.66. The monoisotopic (exact) mass is 382 g/mol. The summed E-state index contributed by atoms with van der Waals surface area (Å²) in [6.45, 7) is 26.0. The Balaban J connectivity index is 5.34. The summed E-state index contributed by atoms with van der Waals surface area (Å²) in [5.41, 5.74) is -0.621. The van der Waals surface area contributed by atoms with Crippen LogP contribution >= 0.6 is 0 Å². The molecule has 2 unspecified atom stereocenters. The third-order valence-electron chi connectivity index (χ3n) is 5.47. The van der Waals surface area contributed by atoms with Crippen molar-refractivity contribution in [2.75, 3.05) is 6.61 Å². The lowest BCUT2D eigenvalue weighted by Gasteiger charge is -2.39. The SMILES string of the molecule is C=C(C(C)C)C(C(=O)C(C)(C)OCCC(C)(C)OC(C)=O)C(C)C(C)(C)C. The first kappa shape index (κ1) is 25.8. The highest BCUT2D eigenvalue weighted by molar-refractivity contribution is 5.91. The molecule has 27 heavy (non-hydrogen) atoms. The van der Waals surface area contributed by atoms with E-state index in [1.165, 1.54) is 6.92 Å². The second-order valence-electron chi connectivity index (χ2n) is 10.2. The summed E-state index contributed by atoms with van der Waals surface area (Å²) in [5, 5.41) is 0. The van der Waals surface area contributed by atoms with Crippen LogP contribution in [0.25, 0.3) is 0 Å². The average molecular weight is 383 g/mol. The average Bonchev–Trinajstić information content (AvgIpc) is 2.43. The minimum Gasteiger partial charge on any atom is -0.460 e. The maximum atomic E-state index is 13.5. The summed E-state index contributed by atoms with van der Waals surface area (Å²) >= 11 is 0. The van der Waals surface area contributed by atoms with Crippen molar-refractivity contribution >= 4 is 11.8 Å².